The van der Waals surface area contributed by atoms with Gasteiger partial charge in [-0.05, 0) is 25.0 Å². The second-order valence-corrected chi connectivity index (χ2v) is 7.19. The van der Waals surface area contributed by atoms with Crippen LogP contribution >= 0.6 is 0 Å². The van der Waals surface area contributed by atoms with E-state index in [-0.39, 0.29) is 18.0 Å². The maximum atomic E-state index is 12.7. The van der Waals surface area contributed by atoms with Gasteiger partial charge in [-0.3, -0.25) is 4.79 Å². The molecule has 5 heteroatoms. The van der Waals surface area contributed by atoms with E-state index in [2.05, 4.69) is 4.90 Å². The van der Waals surface area contributed by atoms with Crippen LogP contribution < -0.4 is 0 Å². The molecule has 1 unspecified atom stereocenters. The van der Waals surface area contributed by atoms with Crippen LogP contribution in [0.15, 0.2) is 30.3 Å². The molecule has 4 rings (SSSR count). The second kappa shape index (κ2) is 6.46. The fraction of sp³-hybridized carbons (Fsp3) is 0.579. The monoisotopic (exact) mass is 327 g/mol. The van der Waals surface area contributed by atoms with Crippen molar-refractivity contribution in [3.8, 4) is 0 Å². The number of amides is 3. The molecule has 128 valence electrons. The average Bonchev–Trinajstić information content (AvgIpc) is 2.99. The highest BCUT2D eigenvalue weighted by Crippen LogP contribution is 2.29. The lowest BCUT2D eigenvalue weighted by atomic mass is 9.94. The van der Waals surface area contributed by atoms with Crippen molar-refractivity contribution in [1.82, 2.24) is 14.7 Å². The minimum atomic E-state index is 0.0822. The normalized spacial score (nSPS) is 25.1. The summed E-state index contributed by atoms with van der Waals surface area (Å²) in [6.45, 7) is 2.73. The predicted molar refractivity (Wildman–Crippen MR) is 91.8 cm³/mol. The van der Waals surface area contributed by atoms with E-state index in [0.717, 1.165) is 24.9 Å². The summed E-state index contributed by atoms with van der Waals surface area (Å²) in [6, 6.07) is 10.2. The first-order valence-electron chi connectivity index (χ1n) is 9.15. The lowest BCUT2D eigenvalue weighted by Crippen LogP contribution is -2.53. The first kappa shape index (κ1) is 15.5. The summed E-state index contributed by atoms with van der Waals surface area (Å²) in [5.41, 5.74) is 0.736. The molecule has 2 heterocycles. The first-order chi connectivity index (χ1) is 11.7. The number of fused-ring (bicyclic) bond motifs is 1. The Kier molecular flexibility index (Phi) is 4.17. The standard InChI is InChI=1S/C19H25N3O2/c23-18(15-7-3-1-4-8-15)20-11-12-21-17(13-20)14-22(19(21)24)16-9-5-2-6-10-16/h1,3-4,7-8,16-17H,2,5-6,9-14H2. The number of urea groups is 1. The third-order valence-electron chi connectivity index (χ3n) is 5.70. The van der Waals surface area contributed by atoms with Gasteiger partial charge in [0.05, 0.1) is 6.04 Å². The molecule has 2 aliphatic heterocycles. The predicted octanol–water partition coefficient (Wildman–Crippen LogP) is 2.58. The number of piperazine rings is 1. The van der Waals surface area contributed by atoms with Crippen molar-refractivity contribution in [1.29, 1.82) is 0 Å². The molecular weight excluding hydrogens is 302 g/mol. The summed E-state index contributed by atoms with van der Waals surface area (Å²) in [4.78, 5) is 31.4. The quantitative estimate of drug-likeness (QED) is 0.838. The van der Waals surface area contributed by atoms with E-state index in [1.165, 1.54) is 19.3 Å². The number of carbonyl (C=O) groups is 2. The van der Waals surface area contributed by atoms with E-state index in [9.17, 15) is 9.59 Å². The van der Waals surface area contributed by atoms with Gasteiger partial charge in [-0.15, -0.1) is 0 Å². The Morgan fingerprint density at radius 2 is 1.62 bits per heavy atom. The largest absolute Gasteiger partial charge is 0.335 e. The summed E-state index contributed by atoms with van der Waals surface area (Å²) in [7, 11) is 0. The summed E-state index contributed by atoms with van der Waals surface area (Å²) < 4.78 is 0. The molecule has 5 nitrogen and oxygen atoms in total. The van der Waals surface area contributed by atoms with Crippen LogP contribution in [0.2, 0.25) is 0 Å². The van der Waals surface area contributed by atoms with Gasteiger partial charge < -0.3 is 14.7 Å². The SMILES string of the molecule is O=C(c1ccccc1)N1CCN2C(=O)N(C3CCCCC3)CC2C1. The van der Waals surface area contributed by atoms with Crippen LogP contribution in [0, 0.1) is 0 Å². The molecule has 0 aromatic heterocycles. The average molecular weight is 327 g/mol. The molecule has 3 aliphatic rings. The molecule has 3 fully saturated rings. The molecular formula is C19H25N3O2. The van der Waals surface area contributed by atoms with Crippen LogP contribution in [0.25, 0.3) is 0 Å². The third kappa shape index (κ3) is 2.76. The van der Waals surface area contributed by atoms with E-state index in [0.29, 0.717) is 25.7 Å². The minimum absolute atomic E-state index is 0.0822. The Morgan fingerprint density at radius 1 is 0.875 bits per heavy atom. The number of benzene rings is 1. The maximum Gasteiger partial charge on any atom is 0.320 e. The van der Waals surface area contributed by atoms with Crippen molar-refractivity contribution in [3.05, 3.63) is 35.9 Å². The van der Waals surface area contributed by atoms with E-state index in [1.54, 1.807) is 0 Å². The molecule has 0 radical (unpaired) electrons. The smallest absolute Gasteiger partial charge is 0.320 e. The summed E-state index contributed by atoms with van der Waals surface area (Å²) in [5.74, 6) is 0.0822. The Bertz CT molecular complexity index is 612. The molecule has 2 saturated heterocycles. The molecule has 0 bridgehead atoms. The Balaban J connectivity index is 1.44. The molecule has 0 spiro atoms. The molecule has 1 aromatic carbocycles. The first-order valence-corrected chi connectivity index (χ1v) is 9.15. The fourth-order valence-electron chi connectivity index (χ4n) is 4.38. The zero-order valence-electron chi connectivity index (χ0n) is 14.1. The van der Waals surface area contributed by atoms with E-state index in [4.69, 9.17) is 0 Å². The molecule has 1 atom stereocenters. The van der Waals surface area contributed by atoms with Crippen LogP contribution in [-0.4, -0.2) is 64.9 Å². The van der Waals surface area contributed by atoms with E-state index in [1.807, 2.05) is 40.1 Å². The molecule has 24 heavy (non-hydrogen) atoms. The van der Waals surface area contributed by atoms with Gasteiger partial charge in [0.15, 0.2) is 0 Å². The molecule has 1 aromatic rings. The van der Waals surface area contributed by atoms with Crippen LogP contribution in [0.4, 0.5) is 4.79 Å². The molecule has 3 amide bonds. The lowest BCUT2D eigenvalue weighted by Gasteiger charge is -2.36. The second-order valence-electron chi connectivity index (χ2n) is 7.19. The van der Waals surface area contributed by atoms with Crippen molar-refractivity contribution in [2.45, 2.75) is 44.2 Å². The van der Waals surface area contributed by atoms with Crippen LogP contribution in [0.1, 0.15) is 42.5 Å². The maximum absolute atomic E-state index is 12.7. The lowest BCUT2D eigenvalue weighted by molar-refractivity contribution is 0.0617. The fourth-order valence-corrected chi connectivity index (χ4v) is 4.38. The van der Waals surface area contributed by atoms with Gasteiger partial charge in [0, 0.05) is 37.8 Å². The summed E-state index contributed by atoms with van der Waals surface area (Å²) in [5, 5.41) is 0. The zero-order chi connectivity index (χ0) is 16.5. The van der Waals surface area contributed by atoms with Crippen LogP contribution in [0.5, 0.6) is 0 Å². The number of carbonyl (C=O) groups excluding carboxylic acids is 2. The highest BCUT2D eigenvalue weighted by Gasteiger charge is 2.44. The third-order valence-corrected chi connectivity index (χ3v) is 5.70. The van der Waals surface area contributed by atoms with Crippen molar-refractivity contribution < 1.29 is 9.59 Å². The Morgan fingerprint density at radius 3 is 2.38 bits per heavy atom. The van der Waals surface area contributed by atoms with E-state index < -0.39 is 0 Å². The highest BCUT2D eigenvalue weighted by molar-refractivity contribution is 5.94. The Labute approximate surface area is 143 Å². The van der Waals surface area contributed by atoms with Gasteiger partial charge in [0.2, 0.25) is 0 Å². The van der Waals surface area contributed by atoms with Crippen LogP contribution in [0.3, 0.4) is 0 Å². The van der Waals surface area contributed by atoms with E-state index >= 15 is 0 Å². The van der Waals surface area contributed by atoms with Gasteiger partial charge in [-0.1, -0.05) is 37.5 Å². The zero-order valence-corrected chi connectivity index (χ0v) is 14.1. The highest BCUT2D eigenvalue weighted by atomic mass is 16.2. The summed E-state index contributed by atoms with van der Waals surface area (Å²) >= 11 is 0. The number of rotatable bonds is 2. The number of hydrogen-bond donors (Lipinski definition) is 0. The van der Waals surface area contributed by atoms with Crippen molar-refractivity contribution in [2.24, 2.45) is 0 Å². The van der Waals surface area contributed by atoms with Crippen molar-refractivity contribution in [3.63, 3.8) is 0 Å². The molecule has 0 N–H and O–H groups in total. The minimum Gasteiger partial charge on any atom is -0.335 e. The topological polar surface area (TPSA) is 43.9 Å². The molecule has 1 saturated carbocycles. The van der Waals surface area contributed by atoms with Gasteiger partial charge in [-0.2, -0.15) is 0 Å². The van der Waals surface area contributed by atoms with Crippen LogP contribution in [-0.2, 0) is 0 Å². The van der Waals surface area contributed by atoms with Gasteiger partial charge in [-0.25, -0.2) is 4.79 Å². The van der Waals surface area contributed by atoms with Crippen molar-refractivity contribution in [2.75, 3.05) is 26.2 Å². The summed E-state index contributed by atoms with van der Waals surface area (Å²) in [6.07, 6.45) is 6.04. The number of hydrogen-bond acceptors (Lipinski definition) is 2. The van der Waals surface area contributed by atoms with Gasteiger partial charge >= 0.3 is 6.03 Å². The Hall–Kier alpha value is -2.04. The van der Waals surface area contributed by atoms with Gasteiger partial charge in [0.1, 0.15) is 0 Å². The molecule has 1 aliphatic carbocycles. The van der Waals surface area contributed by atoms with Crippen molar-refractivity contribution >= 4 is 11.9 Å². The number of nitrogens with zero attached hydrogens (tertiary/aromatic N) is 3. The van der Waals surface area contributed by atoms with Gasteiger partial charge in [0.25, 0.3) is 5.91 Å².